The zero-order valence-electron chi connectivity index (χ0n) is 15.6. The van der Waals surface area contributed by atoms with E-state index in [2.05, 4.69) is 36.5 Å². The highest BCUT2D eigenvalue weighted by Gasteiger charge is 2.19. The van der Waals surface area contributed by atoms with Gasteiger partial charge >= 0.3 is 6.03 Å². The molecule has 0 saturated carbocycles. The minimum atomic E-state index is -0.306. The maximum atomic E-state index is 12.4. The van der Waals surface area contributed by atoms with Crippen LogP contribution in [0.2, 0.25) is 0 Å². The molecule has 2 N–H and O–H groups in total. The van der Waals surface area contributed by atoms with E-state index in [4.69, 9.17) is 0 Å². The highest BCUT2D eigenvalue weighted by atomic mass is 16.2. The average molecular weight is 348 g/mol. The summed E-state index contributed by atoms with van der Waals surface area (Å²) in [5.74, 6) is 0.511. The summed E-state index contributed by atoms with van der Waals surface area (Å²) in [7, 11) is 1.86. The summed E-state index contributed by atoms with van der Waals surface area (Å²) in [5, 5.41) is 10.1. The summed E-state index contributed by atoms with van der Waals surface area (Å²) in [6, 6.07) is 19.4. The van der Waals surface area contributed by atoms with Crippen molar-refractivity contribution in [1.82, 2.24) is 9.78 Å². The molecule has 1 aromatic heterocycles. The molecule has 2 amide bonds. The van der Waals surface area contributed by atoms with Gasteiger partial charge in [-0.3, -0.25) is 10.00 Å². The molecule has 3 aromatic rings. The molecule has 0 aliphatic heterocycles. The van der Waals surface area contributed by atoms with Crippen LogP contribution in [0.5, 0.6) is 0 Å². The number of nitrogens with zero attached hydrogens (tertiary/aromatic N) is 2. The molecule has 0 fully saturated rings. The van der Waals surface area contributed by atoms with Gasteiger partial charge in [0.15, 0.2) is 5.82 Å². The predicted octanol–water partition coefficient (Wildman–Crippen LogP) is 5.03. The van der Waals surface area contributed by atoms with E-state index in [1.165, 1.54) is 0 Å². The quantitative estimate of drug-likeness (QED) is 0.697. The van der Waals surface area contributed by atoms with Gasteiger partial charge in [-0.15, -0.1) is 0 Å². The summed E-state index contributed by atoms with van der Waals surface area (Å²) in [5.41, 5.74) is 3.82. The van der Waals surface area contributed by atoms with Crippen molar-refractivity contribution >= 4 is 17.5 Å². The molecule has 0 saturated heterocycles. The van der Waals surface area contributed by atoms with Crippen LogP contribution in [-0.4, -0.2) is 15.8 Å². The summed E-state index contributed by atoms with van der Waals surface area (Å²) < 4.78 is 1.76. The Balaban J connectivity index is 1.76. The standard InChI is InChI=1S/C21H24N4O/c1-21(2,3)16-12-8-9-13-17(16)22-20(26)23-19-14-18(25(4)24-19)15-10-6-5-7-11-15/h5-14H,1-4H3,(H2,22,23,24,26). The van der Waals surface area contributed by atoms with Crippen molar-refractivity contribution in [2.24, 2.45) is 7.05 Å². The van der Waals surface area contributed by atoms with Crippen LogP contribution in [-0.2, 0) is 12.5 Å². The molecule has 0 aliphatic carbocycles. The molecule has 1 heterocycles. The normalized spacial score (nSPS) is 11.2. The fourth-order valence-electron chi connectivity index (χ4n) is 2.92. The first-order valence-corrected chi connectivity index (χ1v) is 8.61. The lowest BCUT2D eigenvalue weighted by Gasteiger charge is -2.22. The van der Waals surface area contributed by atoms with Gasteiger partial charge in [-0.25, -0.2) is 4.79 Å². The fourth-order valence-corrected chi connectivity index (χ4v) is 2.92. The van der Waals surface area contributed by atoms with Crippen LogP contribution in [0.25, 0.3) is 11.3 Å². The summed E-state index contributed by atoms with van der Waals surface area (Å²) in [4.78, 5) is 12.4. The second-order valence-corrected chi connectivity index (χ2v) is 7.28. The Morgan fingerprint density at radius 2 is 1.62 bits per heavy atom. The van der Waals surface area contributed by atoms with E-state index in [0.29, 0.717) is 5.82 Å². The van der Waals surface area contributed by atoms with Gasteiger partial charge in [0, 0.05) is 18.8 Å². The van der Waals surface area contributed by atoms with Gasteiger partial charge in [0.05, 0.1) is 5.69 Å². The minimum Gasteiger partial charge on any atom is -0.307 e. The van der Waals surface area contributed by atoms with Gasteiger partial charge in [0.1, 0.15) is 0 Å². The third-order valence-corrected chi connectivity index (χ3v) is 4.17. The second-order valence-electron chi connectivity index (χ2n) is 7.28. The first-order valence-electron chi connectivity index (χ1n) is 8.61. The number of carbonyl (C=O) groups excluding carboxylic acids is 1. The topological polar surface area (TPSA) is 59.0 Å². The van der Waals surface area contributed by atoms with Crippen molar-refractivity contribution in [2.45, 2.75) is 26.2 Å². The van der Waals surface area contributed by atoms with E-state index in [1.807, 2.05) is 67.7 Å². The maximum absolute atomic E-state index is 12.4. The largest absolute Gasteiger partial charge is 0.324 e. The van der Waals surface area contributed by atoms with Crippen molar-refractivity contribution in [2.75, 3.05) is 10.6 Å². The van der Waals surface area contributed by atoms with Crippen LogP contribution in [0.1, 0.15) is 26.3 Å². The highest BCUT2D eigenvalue weighted by molar-refractivity contribution is 6.00. The van der Waals surface area contributed by atoms with Crippen molar-refractivity contribution in [3.63, 3.8) is 0 Å². The van der Waals surface area contributed by atoms with Crippen molar-refractivity contribution < 1.29 is 4.79 Å². The Morgan fingerprint density at radius 3 is 2.31 bits per heavy atom. The molecule has 2 aromatic carbocycles. The van der Waals surface area contributed by atoms with E-state index in [0.717, 1.165) is 22.5 Å². The number of amides is 2. The fraction of sp³-hybridized carbons (Fsp3) is 0.238. The number of benzene rings is 2. The number of rotatable bonds is 3. The van der Waals surface area contributed by atoms with Gasteiger partial charge < -0.3 is 5.32 Å². The van der Waals surface area contributed by atoms with Gasteiger partial charge in [-0.2, -0.15) is 5.10 Å². The number of hydrogen-bond acceptors (Lipinski definition) is 2. The molecule has 0 atom stereocenters. The number of anilines is 2. The minimum absolute atomic E-state index is 0.0602. The lowest BCUT2D eigenvalue weighted by Crippen LogP contribution is -2.23. The molecule has 5 nitrogen and oxygen atoms in total. The third kappa shape index (κ3) is 3.94. The first-order chi connectivity index (χ1) is 12.3. The van der Waals surface area contributed by atoms with Crippen LogP contribution in [0.4, 0.5) is 16.3 Å². The molecular formula is C21H24N4O. The van der Waals surface area contributed by atoms with Gasteiger partial charge in [-0.05, 0) is 22.6 Å². The monoisotopic (exact) mass is 348 g/mol. The smallest absolute Gasteiger partial charge is 0.307 e. The van der Waals surface area contributed by atoms with Crippen LogP contribution in [0, 0.1) is 0 Å². The maximum Gasteiger partial charge on any atom is 0.324 e. The highest BCUT2D eigenvalue weighted by Crippen LogP contribution is 2.29. The third-order valence-electron chi connectivity index (χ3n) is 4.17. The number of carbonyl (C=O) groups is 1. The lowest BCUT2D eigenvalue weighted by molar-refractivity contribution is 0.262. The molecule has 0 aliphatic rings. The SMILES string of the molecule is Cn1nc(NC(=O)Nc2ccccc2C(C)(C)C)cc1-c1ccccc1. The lowest BCUT2D eigenvalue weighted by atomic mass is 9.86. The van der Waals surface area contributed by atoms with Gasteiger partial charge in [0.2, 0.25) is 0 Å². The number of para-hydroxylation sites is 1. The predicted molar refractivity (Wildman–Crippen MR) is 106 cm³/mol. The molecule has 0 radical (unpaired) electrons. The van der Waals surface area contributed by atoms with E-state index >= 15 is 0 Å². The number of aryl methyl sites for hydroxylation is 1. The molecule has 3 rings (SSSR count). The number of urea groups is 1. The van der Waals surface area contributed by atoms with Crippen LogP contribution in [0.15, 0.2) is 60.7 Å². The van der Waals surface area contributed by atoms with Crippen molar-refractivity contribution in [3.8, 4) is 11.3 Å². The molecule has 134 valence electrons. The number of aromatic nitrogens is 2. The molecule has 0 spiro atoms. The van der Waals surface area contributed by atoms with Crippen LogP contribution < -0.4 is 10.6 Å². The molecule has 26 heavy (non-hydrogen) atoms. The second kappa shape index (κ2) is 7.04. The number of nitrogens with one attached hydrogen (secondary N) is 2. The summed E-state index contributed by atoms with van der Waals surface area (Å²) >= 11 is 0. The van der Waals surface area contributed by atoms with Crippen LogP contribution in [0.3, 0.4) is 0 Å². The zero-order chi connectivity index (χ0) is 18.7. The van der Waals surface area contributed by atoms with Gasteiger partial charge in [0.25, 0.3) is 0 Å². The Hall–Kier alpha value is -3.08. The molecular weight excluding hydrogens is 324 g/mol. The first kappa shape index (κ1) is 17.7. The van der Waals surface area contributed by atoms with Crippen molar-refractivity contribution in [3.05, 3.63) is 66.2 Å². The van der Waals surface area contributed by atoms with Gasteiger partial charge in [-0.1, -0.05) is 69.3 Å². The Kier molecular flexibility index (Phi) is 4.80. The zero-order valence-corrected chi connectivity index (χ0v) is 15.6. The Labute approximate surface area is 154 Å². The van der Waals surface area contributed by atoms with E-state index in [9.17, 15) is 4.79 Å². The van der Waals surface area contributed by atoms with Crippen molar-refractivity contribution in [1.29, 1.82) is 0 Å². The molecule has 5 heteroatoms. The summed E-state index contributed by atoms with van der Waals surface area (Å²) in [6.45, 7) is 6.36. The van der Waals surface area contributed by atoms with E-state index in [-0.39, 0.29) is 11.4 Å². The van der Waals surface area contributed by atoms with Crippen LogP contribution >= 0.6 is 0 Å². The Bertz CT molecular complexity index is 907. The average Bonchev–Trinajstić information content (AvgIpc) is 2.95. The Morgan fingerprint density at radius 1 is 0.962 bits per heavy atom. The molecule has 0 bridgehead atoms. The van der Waals surface area contributed by atoms with E-state index < -0.39 is 0 Å². The molecule has 0 unspecified atom stereocenters. The summed E-state index contributed by atoms with van der Waals surface area (Å²) in [6.07, 6.45) is 0. The van der Waals surface area contributed by atoms with E-state index in [1.54, 1.807) is 4.68 Å². The number of hydrogen-bond donors (Lipinski definition) is 2.